The molecule has 0 saturated heterocycles. The summed E-state index contributed by atoms with van der Waals surface area (Å²) in [6, 6.07) is 8.48. The van der Waals surface area contributed by atoms with Crippen molar-refractivity contribution in [3.63, 3.8) is 0 Å². The van der Waals surface area contributed by atoms with Crippen LogP contribution in [0.2, 0.25) is 0 Å². The summed E-state index contributed by atoms with van der Waals surface area (Å²) in [6.07, 6.45) is 4.39. The van der Waals surface area contributed by atoms with Gasteiger partial charge in [0.1, 0.15) is 6.10 Å². The van der Waals surface area contributed by atoms with Gasteiger partial charge in [-0.05, 0) is 16.8 Å². The summed E-state index contributed by atoms with van der Waals surface area (Å²) < 4.78 is 6.94. The van der Waals surface area contributed by atoms with Gasteiger partial charge in [0.15, 0.2) is 0 Å². The van der Waals surface area contributed by atoms with E-state index in [4.69, 9.17) is 4.74 Å². The smallest absolute Gasteiger partial charge is 0.103 e. The maximum Gasteiger partial charge on any atom is 0.103 e. The van der Waals surface area contributed by atoms with Gasteiger partial charge in [-0.15, -0.1) is 11.3 Å². The molecule has 0 amide bonds. The lowest BCUT2D eigenvalue weighted by molar-refractivity contribution is 0.131. The van der Waals surface area contributed by atoms with Crippen LogP contribution in [-0.2, 0) is 4.74 Å². The molecule has 0 N–H and O–H groups in total. The lowest BCUT2D eigenvalue weighted by Crippen LogP contribution is -1.93. The zero-order valence-corrected chi connectivity index (χ0v) is 8.46. The highest BCUT2D eigenvalue weighted by Gasteiger charge is 2.15. The highest BCUT2D eigenvalue weighted by Crippen LogP contribution is 2.33. The molecule has 1 aromatic heterocycles. The molecule has 1 nitrogen and oxygen atoms in total. The Kier molecular flexibility index (Phi) is 1.89. The van der Waals surface area contributed by atoms with Crippen LogP contribution < -0.4 is 0 Å². The molecule has 1 atom stereocenters. The fourth-order valence-electron chi connectivity index (χ4n) is 1.81. The largest absolute Gasteiger partial charge is 0.365 e. The summed E-state index contributed by atoms with van der Waals surface area (Å²) in [5, 5.41) is 3.53. The first-order valence-corrected chi connectivity index (χ1v) is 5.57. The number of hydrogen-bond acceptors (Lipinski definition) is 2. The lowest BCUT2D eigenvalue weighted by atomic mass is 10.1. The Morgan fingerprint density at radius 2 is 2.21 bits per heavy atom. The van der Waals surface area contributed by atoms with Crippen molar-refractivity contribution in [2.24, 2.45) is 0 Å². The Morgan fingerprint density at radius 3 is 3.07 bits per heavy atom. The minimum atomic E-state index is 0.172. The van der Waals surface area contributed by atoms with E-state index in [0.717, 1.165) is 6.61 Å². The van der Waals surface area contributed by atoms with E-state index in [1.807, 2.05) is 0 Å². The van der Waals surface area contributed by atoms with Gasteiger partial charge in [-0.1, -0.05) is 30.4 Å². The molecule has 1 aromatic carbocycles. The van der Waals surface area contributed by atoms with E-state index in [1.165, 1.54) is 15.6 Å². The van der Waals surface area contributed by atoms with Crippen molar-refractivity contribution >= 4 is 21.4 Å². The molecule has 0 fully saturated rings. The number of thiophene rings is 1. The highest BCUT2D eigenvalue weighted by molar-refractivity contribution is 7.17. The van der Waals surface area contributed by atoms with Gasteiger partial charge < -0.3 is 4.74 Å². The third kappa shape index (κ3) is 1.19. The van der Waals surface area contributed by atoms with Gasteiger partial charge in [0.05, 0.1) is 6.61 Å². The van der Waals surface area contributed by atoms with Crippen LogP contribution in [0.5, 0.6) is 0 Å². The van der Waals surface area contributed by atoms with Crippen LogP contribution in [0.3, 0.4) is 0 Å². The van der Waals surface area contributed by atoms with Crippen molar-refractivity contribution in [3.05, 3.63) is 47.4 Å². The molecule has 0 unspecified atom stereocenters. The molecule has 0 bridgehead atoms. The van der Waals surface area contributed by atoms with Gasteiger partial charge in [-0.25, -0.2) is 0 Å². The van der Waals surface area contributed by atoms with Crippen LogP contribution in [0, 0.1) is 0 Å². The molecule has 0 spiro atoms. The van der Waals surface area contributed by atoms with E-state index in [2.05, 4.69) is 41.8 Å². The minimum Gasteiger partial charge on any atom is -0.365 e. The van der Waals surface area contributed by atoms with E-state index in [1.54, 1.807) is 11.3 Å². The first kappa shape index (κ1) is 8.21. The average Bonchev–Trinajstić information content (AvgIpc) is 2.85. The number of hydrogen-bond donors (Lipinski definition) is 0. The molecular weight excluding hydrogens is 192 g/mol. The molecule has 1 aliphatic heterocycles. The van der Waals surface area contributed by atoms with Crippen LogP contribution >= 0.6 is 11.3 Å². The Morgan fingerprint density at radius 1 is 1.29 bits per heavy atom. The maximum absolute atomic E-state index is 5.60. The number of ether oxygens (including phenoxy) is 1. The second-order valence-corrected chi connectivity index (χ2v) is 4.28. The average molecular weight is 202 g/mol. The molecule has 2 aromatic rings. The standard InChI is InChI=1S/C12H10OS/c1-2-6-12-9(4-1)10(8-14-12)11-5-3-7-13-11/h1-6,8,11H,7H2/t11-/m0/s1. The summed E-state index contributed by atoms with van der Waals surface area (Å²) in [5.41, 5.74) is 1.30. The minimum absolute atomic E-state index is 0.172. The normalized spacial score (nSPS) is 20.7. The monoisotopic (exact) mass is 202 g/mol. The molecule has 0 saturated carbocycles. The molecule has 70 valence electrons. The summed E-state index contributed by atoms with van der Waals surface area (Å²) in [7, 11) is 0. The Bertz CT molecular complexity index is 484. The molecule has 2 heteroatoms. The first-order chi connectivity index (χ1) is 6.95. The van der Waals surface area contributed by atoms with Gasteiger partial charge in [0, 0.05) is 10.3 Å². The quantitative estimate of drug-likeness (QED) is 0.643. The summed E-state index contributed by atoms with van der Waals surface area (Å²) in [5.74, 6) is 0. The number of benzene rings is 1. The van der Waals surface area contributed by atoms with Crippen molar-refractivity contribution in [2.45, 2.75) is 6.10 Å². The Labute approximate surface area is 86.6 Å². The second kappa shape index (κ2) is 3.23. The Balaban J connectivity index is 2.16. The predicted octanol–water partition coefficient (Wildman–Crippen LogP) is 3.53. The fourth-order valence-corrected chi connectivity index (χ4v) is 2.79. The number of rotatable bonds is 1. The predicted molar refractivity (Wildman–Crippen MR) is 59.7 cm³/mol. The molecule has 2 heterocycles. The van der Waals surface area contributed by atoms with E-state index in [0.29, 0.717) is 0 Å². The maximum atomic E-state index is 5.60. The van der Waals surface area contributed by atoms with Crippen molar-refractivity contribution in [2.75, 3.05) is 6.61 Å². The van der Waals surface area contributed by atoms with Crippen LogP contribution in [0.15, 0.2) is 41.8 Å². The lowest BCUT2D eigenvalue weighted by Gasteiger charge is -2.06. The zero-order chi connectivity index (χ0) is 9.38. The van der Waals surface area contributed by atoms with Gasteiger partial charge in [-0.3, -0.25) is 0 Å². The second-order valence-electron chi connectivity index (χ2n) is 3.37. The van der Waals surface area contributed by atoms with Crippen LogP contribution in [0.25, 0.3) is 10.1 Å². The van der Waals surface area contributed by atoms with E-state index in [-0.39, 0.29) is 6.10 Å². The van der Waals surface area contributed by atoms with Gasteiger partial charge >= 0.3 is 0 Å². The fraction of sp³-hybridized carbons (Fsp3) is 0.167. The molecule has 0 aliphatic carbocycles. The molecule has 3 rings (SSSR count). The van der Waals surface area contributed by atoms with E-state index in [9.17, 15) is 0 Å². The van der Waals surface area contributed by atoms with Gasteiger partial charge in [-0.2, -0.15) is 0 Å². The zero-order valence-electron chi connectivity index (χ0n) is 7.64. The van der Waals surface area contributed by atoms with Crippen molar-refractivity contribution in [1.29, 1.82) is 0 Å². The van der Waals surface area contributed by atoms with Crippen molar-refractivity contribution in [3.8, 4) is 0 Å². The Hall–Kier alpha value is -1.12. The summed E-state index contributed by atoms with van der Waals surface area (Å²) >= 11 is 1.79. The van der Waals surface area contributed by atoms with Crippen LogP contribution in [-0.4, -0.2) is 6.61 Å². The highest BCUT2D eigenvalue weighted by atomic mass is 32.1. The van der Waals surface area contributed by atoms with Crippen LogP contribution in [0.1, 0.15) is 11.7 Å². The van der Waals surface area contributed by atoms with E-state index >= 15 is 0 Å². The summed E-state index contributed by atoms with van der Waals surface area (Å²) in [6.45, 7) is 0.745. The van der Waals surface area contributed by atoms with Gasteiger partial charge in [0.2, 0.25) is 0 Å². The third-order valence-electron chi connectivity index (χ3n) is 2.50. The first-order valence-electron chi connectivity index (χ1n) is 4.69. The van der Waals surface area contributed by atoms with Gasteiger partial charge in [0.25, 0.3) is 0 Å². The van der Waals surface area contributed by atoms with Crippen LogP contribution in [0.4, 0.5) is 0 Å². The SMILES string of the molecule is C1=C[C@@H](c2csc3ccccc23)OC1. The number of fused-ring (bicyclic) bond motifs is 1. The third-order valence-corrected chi connectivity index (χ3v) is 3.48. The van der Waals surface area contributed by atoms with E-state index < -0.39 is 0 Å². The molecule has 1 aliphatic rings. The molecule has 14 heavy (non-hydrogen) atoms. The van der Waals surface area contributed by atoms with Crippen molar-refractivity contribution in [1.82, 2.24) is 0 Å². The summed E-state index contributed by atoms with van der Waals surface area (Å²) in [4.78, 5) is 0. The molecule has 0 radical (unpaired) electrons. The molecular formula is C12H10OS. The van der Waals surface area contributed by atoms with Crippen molar-refractivity contribution < 1.29 is 4.74 Å². The topological polar surface area (TPSA) is 9.23 Å².